The van der Waals surface area contributed by atoms with Gasteiger partial charge in [0.2, 0.25) is 0 Å². The van der Waals surface area contributed by atoms with Crippen molar-refractivity contribution in [3.8, 4) is 0 Å². The van der Waals surface area contributed by atoms with Gasteiger partial charge in [-0.15, -0.1) is 0 Å². The van der Waals surface area contributed by atoms with Gasteiger partial charge in [0.25, 0.3) is 0 Å². The summed E-state index contributed by atoms with van der Waals surface area (Å²) >= 11 is 0. The van der Waals surface area contributed by atoms with Crippen LogP contribution in [0.5, 0.6) is 0 Å². The molecule has 0 radical (unpaired) electrons. The fourth-order valence-corrected chi connectivity index (χ4v) is 6.85. The van der Waals surface area contributed by atoms with Crippen LogP contribution in [-0.2, 0) is 23.7 Å². The van der Waals surface area contributed by atoms with Crippen LogP contribution in [0.3, 0.4) is 0 Å². The van der Waals surface area contributed by atoms with Gasteiger partial charge in [0.15, 0.2) is 5.79 Å². The third-order valence-corrected chi connectivity index (χ3v) is 9.30. The molecular formula is C31H44O7. The zero-order valence-electron chi connectivity index (χ0n) is 23.4. The molecule has 7 nitrogen and oxygen atoms in total. The highest BCUT2D eigenvalue weighted by molar-refractivity contribution is 5.78. The Kier molecular flexibility index (Phi) is 7.79. The summed E-state index contributed by atoms with van der Waals surface area (Å²) in [6, 6.07) is 0. The van der Waals surface area contributed by atoms with Crippen molar-refractivity contribution in [3.05, 3.63) is 47.1 Å². The Hall–Kier alpha value is -1.77. The topological polar surface area (TPSA) is 94.5 Å². The van der Waals surface area contributed by atoms with Gasteiger partial charge in [-0.3, -0.25) is 4.79 Å². The third-order valence-electron chi connectivity index (χ3n) is 9.30. The molecular weight excluding hydrogens is 484 g/mol. The van der Waals surface area contributed by atoms with Gasteiger partial charge in [0.05, 0.1) is 18.8 Å². The molecule has 3 fully saturated rings. The average molecular weight is 529 g/mol. The summed E-state index contributed by atoms with van der Waals surface area (Å²) in [5.41, 5.74) is 0.783. The number of fused-ring (bicyclic) bond motifs is 2. The molecule has 0 aromatic heterocycles. The van der Waals surface area contributed by atoms with Crippen LogP contribution in [0.15, 0.2) is 47.1 Å². The van der Waals surface area contributed by atoms with Gasteiger partial charge in [-0.05, 0) is 63.0 Å². The lowest BCUT2D eigenvalue weighted by Crippen LogP contribution is -2.58. The minimum atomic E-state index is -1.68. The lowest BCUT2D eigenvalue weighted by molar-refractivity contribution is -0.332. The molecule has 5 aliphatic rings. The number of carbonyl (C=O) groups excluding carboxylic acids is 1. The van der Waals surface area contributed by atoms with E-state index in [0.29, 0.717) is 35.8 Å². The highest BCUT2D eigenvalue weighted by Gasteiger charge is 2.60. The Labute approximate surface area is 226 Å². The molecule has 3 saturated heterocycles. The van der Waals surface area contributed by atoms with Crippen molar-refractivity contribution >= 4 is 5.97 Å². The fraction of sp³-hybridized carbons (Fsp3) is 0.710. The number of allylic oxidation sites excluding steroid dienone is 4. The van der Waals surface area contributed by atoms with Crippen LogP contribution in [-0.4, -0.2) is 64.7 Å². The standard InChI is InChI=1S/C31H44O7/c1-18-7-6-8-23-17-35-28-27(32)21(4)14-26(31(23,28)34)29(33)36-25-15-24(10-9-19(2)13-18)38-30(16-25)12-11-20(3)22(5)37-30/h6-9,14,18,20,22,24-28,32,34H,10-13,15-17H2,1-5H3/b7-6+,19-9+,23-8?/t18-,20-,22?,24?,25-,26-,27+,28+,30-,31+/m0/s1. The van der Waals surface area contributed by atoms with Gasteiger partial charge < -0.3 is 29.2 Å². The van der Waals surface area contributed by atoms with Crippen LogP contribution in [0.1, 0.15) is 73.1 Å². The molecule has 2 unspecified atom stereocenters. The second-order valence-electron chi connectivity index (χ2n) is 12.4. The van der Waals surface area contributed by atoms with E-state index in [9.17, 15) is 15.0 Å². The van der Waals surface area contributed by atoms with E-state index in [0.717, 1.165) is 25.7 Å². The molecule has 0 aromatic carbocycles. The molecule has 0 saturated carbocycles. The van der Waals surface area contributed by atoms with E-state index in [1.165, 1.54) is 5.57 Å². The minimum absolute atomic E-state index is 0.0526. The zero-order valence-corrected chi connectivity index (χ0v) is 23.4. The Balaban J connectivity index is 1.51. The van der Waals surface area contributed by atoms with Gasteiger partial charge in [-0.1, -0.05) is 49.8 Å². The maximum atomic E-state index is 13.8. The molecule has 4 heterocycles. The average Bonchev–Trinajstić information content (AvgIpc) is 3.19. The first-order valence-electron chi connectivity index (χ1n) is 14.3. The predicted octanol–water partition coefficient (Wildman–Crippen LogP) is 4.53. The van der Waals surface area contributed by atoms with Crippen LogP contribution in [0.2, 0.25) is 0 Å². The van der Waals surface area contributed by atoms with E-state index in [-0.39, 0.29) is 18.8 Å². The van der Waals surface area contributed by atoms with Crippen molar-refractivity contribution in [2.75, 3.05) is 6.61 Å². The van der Waals surface area contributed by atoms with Crippen molar-refractivity contribution in [1.29, 1.82) is 0 Å². The normalized spacial score (nSPS) is 48.3. The number of aliphatic hydroxyl groups is 2. The Morgan fingerprint density at radius 2 is 1.89 bits per heavy atom. The second-order valence-corrected chi connectivity index (χ2v) is 12.4. The van der Waals surface area contributed by atoms with Crippen molar-refractivity contribution in [3.63, 3.8) is 0 Å². The van der Waals surface area contributed by atoms with E-state index in [1.54, 1.807) is 13.0 Å². The van der Waals surface area contributed by atoms with Crippen LogP contribution in [0.25, 0.3) is 0 Å². The molecule has 0 amide bonds. The molecule has 5 rings (SSSR count). The van der Waals surface area contributed by atoms with Crippen LogP contribution in [0.4, 0.5) is 0 Å². The summed E-state index contributed by atoms with van der Waals surface area (Å²) in [5.74, 6) is -1.53. The highest BCUT2D eigenvalue weighted by atomic mass is 16.7. The SMILES string of the molecule is CC1=C[C@H]2C(=O)O[C@H]3CC(C/C=C(\C)C[C@@H](C)/C=C/C=C4CO[C@H]([C@@H]1O)[C@@]42O)O[C@@]1(CC[C@H](C)C(C)O1)C3. The maximum Gasteiger partial charge on any atom is 0.316 e. The molecule has 4 aliphatic heterocycles. The van der Waals surface area contributed by atoms with Crippen molar-refractivity contribution < 1.29 is 34.0 Å². The van der Waals surface area contributed by atoms with Gasteiger partial charge in [-0.25, -0.2) is 0 Å². The van der Waals surface area contributed by atoms with Gasteiger partial charge >= 0.3 is 5.97 Å². The van der Waals surface area contributed by atoms with Crippen LogP contribution < -0.4 is 0 Å². The van der Waals surface area contributed by atoms with Crippen LogP contribution in [0, 0.1) is 17.8 Å². The Morgan fingerprint density at radius 1 is 1.11 bits per heavy atom. The lowest BCUT2D eigenvalue weighted by Gasteiger charge is -2.49. The van der Waals surface area contributed by atoms with Crippen molar-refractivity contribution in [2.24, 2.45) is 17.8 Å². The first-order chi connectivity index (χ1) is 18.0. The van der Waals surface area contributed by atoms with Gasteiger partial charge in [0, 0.05) is 19.3 Å². The van der Waals surface area contributed by atoms with Gasteiger partial charge in [-0.2, -0.15) is 0 Å². The molecule has 2 bridgehead atoms. The number of rotatable bonds is 0. The monoisotopic (exact) mass is 528 g/mol. The lowest BCUT2D eigenvalue weighted by atomic mass is 9.71. The first kappa shape index (κ1) is 27.8. The molecule has 2 N–H and O–H groups in total. The fourth-order valence-electron chi connectivity index (χ4n) is 6.85. The van der Waals surface area contributed by atoms with Crippen molar-refractivity contribution in [2.45, 2.75) is 115 Å². The van der Waals surface area contributed by atoms with E-state index in [1.807, 2.05) is 12.2 Å². The summed E-state index contributed by atoms with van der Waals surface area (Å²) in [6.45, 7) is 10.5. The second kappa shape index (κ2) is 10.7. The molecule has 38 heavy (non-hydrogen) atoms. The minimum Gasteiger partial charge on any atom is -0.462 e. The highest BCUT2D eigenvalue weighted by Crippen LogP contribution is 2.47. The summed E-state index contributed by atoms with van der Waals surface area (Å²) in [6.07, 6.45) is 11.8. The molecule has 210 valence electrons. The van der Waals surface area contributed by atoms with E-state index < -0.39 is 41.6 Å². The number of ether oxygens (including phenoxy) is 4. The van der Waals surface area contributed by atoms with Crippen LogP contribution >= 0.6 is 0 Å². The Morgan fingerprint density at radius 3 is 2.66 bits per heavy atom. The number of aliphatic hydroxyl groups excluding tert-OH is 1. The summed E-state index contributed by atoms with van der Waals surface area (Å²) in [5, 5.41) is 22.8. The van der Waals surface area contributed by atoms with Crippen molar-refractivity contribution in [1.82, 2.24) is 0 Å². The van der Waals surface area contributed by atoms with E-state index in [2.05, 4.69) is 39.8 Å². The predicted molar refractivity (Wildman–Crippen MR) is 143 cm³/mol. The van der Waals surface area contributed by atoms with E-state index >= 15 is 0 Å². The number of esters is 1. The smallest absolute Gasteiger partial charge is 0.316 e. The third kappa shape index (κ3) is 5.20. The molecule has 1 spiro atoms. The molecule has 10 atom stereocenters. The number of carbonyl (C=O) groups is 1. The molecule has 7 heteroatoms. The summed E-state index contributed by atoms with van der Waals surface area (Å²) < 4.78 is 25.2. The zero-order chi connectivity index (χ0) is 27.2. The van der Waals surface area contributed by atoms with E-state index in [4.69, 9.17) is 18.9 Å². The van der Waals surface area contributed by atoms with Gasteiger partial charge in [0.1, 0.15) is 29.8 Å². The quantitative estimate of drug-likeness (QED) is 0.352. The summed E-state index contributed by atoms with van der Waals surface area (Å²) in [4.78, 5) is 13.8. The first-order valence-corrected chi connectivity index (χ1v) is 14.3. The maximum absolute atomic E-state index is 13.8. The molecule has 0 aromatic rings. The number of hydrogen-bond donors (Lipinski definition) is 2. The summed E-state index contributed by atoms with van der Waals surface area (Å²) in [7, 11) is 0. The molecule has 1 aliphatic carbocycles. The number of hydrogen-bond acceptors (Lipinski definition) is 7. The largest absolute Gasteiger partial charge is 0.462 e. The Bertz CT molecular complexity index is 1040.